The lowest BCUT2D eigenvalue weighted by Crippen LogP contribution is -2.46. The molecule has 0 bridgehead atoms. The highest BCUT2D eigenvalue weighted by molar-refractivity contribution is 7.80. The standard InChI is InChI=1S/C13H24N2S/c14-13(16)10-15(12-8-4-5-9-12)11-6-2-1-3-7-11/h11-12H,1-10H2,(H2,14,16). The van der Waals surface area contributed by atoms with Crippen molar-refractivity contribution in [2.45, 2.75) is 69.9 Å². The molecule has 2 rings (SSSR count). The van der Waals surface area contributed by atoms with Crippen molar-refractivity contribution in [2.24, 2.45) is 5.73 Å². The summed E-state index contributed by atoms with van der Waals surface area (Å²) in [7, 11) is 0. The van der Waals surface area contributed by atoms with E-state index in [-0.39, 0.29) is 0 Å². The van der Waals surface area contributed by atoms with Crippen LogP contribution < -0.4 is 5.73 Å². The van der Waals surface area contributed by atoms with E-state index < -0.39 is 0 Å². The smallest absolute Gasteiger partial charge is 0.0870 e. The van der Waals surface area contributed by atoms with Crippen molar-refractivity contribution in [3.63, 3.8) is 0 Å². The molecule has 0 heterocycles. The van der Waals surface area contributed by atoms with Gasteiger partial charge in [0, 0.05) is 18.6 Å². The van der Waals surface area contributed by atoms with Gasteiger partial charge in [-0.25, -0.2) is 0 Å². The van der Waals surface area contributed by atoms with E-state index in [2.05, 4.69) is 4.90 Å². The molecule has 2 aliphatic carbocycles. The highest BCUT2D eigenvalue weighted by Gasteiger charge is 2.29. The van der Waals surface area contributed by atoms with Gasteiger partial charge in [0.1, 0.15) is 0 Å². The summed E-state index contributed by atoms with van der Waals surface area (Å²) in [5, 5.41) is 0. The molecule has 0 unspecified atom stereocenters. The van der Waals surface area contributed by atoms with Gasteiger partial charge in [-0.2, -0.15) is 0 Å². The topological polar surface area (TPSA) is 29.3 Å². The molecule has 0 aromatic heterocycles. The summed E-state index contributed by atoms with van der Waals surface area (Å²) in [5.74, 6) is 0. The molecule has 0 spiro atoms. The monoisotopic (exact) mass is 240 g/mol. The Morgan fingerprint density at radius 1 is 0.938 bits per heavy atom. The van der Waals surface area contributed by atoms with Crippen LogP contribution in [0.15, 0.2) is 0 Å². The molecule has 0 amide bonds. The Labute approximate surface area is 105 Å². The summed E-state index contributed by atoms with van der Waals surface area (Å²) in [6.07, 6.45) is 12.4. The van der Waals surface area contributed by atoms with Crippen LogP contribution in [-0.4, -0.2) is 28.5 Å². The first-order chi connectivity index (χ1) is 7.77. The molecule has 2 N–H and O–H groups in total. The summed E-state index contributed by atoms with van der Waals surface area (Å²) >= 11 is 5.11. The van der Waals surface area contributed by atoms with Gasteiger partial charge in [0.15, 0.2) is 0 Å². The van der Waals surface area contributed by atoms with E-state index >= 15 is 0 Å². The van der Waals surface area contributed by atoms with Crippen LogP contribution in [0.5, 0.6) is 0 Å². The molecule has 2 nitrogen and oxygen atoms in total. The van der Waals surface area contributed by atoms with E-state index in [0.29, 0.717) is 4.99 Å². The first-order valence-corrected chi connectivity index (χ1v) is 7.22. The second-order valence-corrected chi connectivity index (χ2v) is 5.89. The third kappa shape index (κ3) is 3.17. The van der Waals surface area contributed by atoms with Crippen molar-refractivity contribution < 1.29 is 0 Å². The number of nitrogens with two attached hydrogens (primary N) is 1. The molecule has 0 radical (unpaired) electrons. The zero-order valence-corrected chi connectivity index (χ0v) is 11.0. The van der Waals surface area contributed by atoms with Gasteiger partial charge in [0.05, 0.1) is 4.99 Å². The largest absolute Gasteiger partial charge is 0.392 e. The minimum absolute atomic E-state index is 0.678. The summed E-state index contributed by atoms with van der Waals surface area (Å²) in [5.41, 5.74) is 5.76. The van der Waals surface area contributed by atoms with E-state index in [4.69, 9.17) is 18.0 Å². The van der Waals surface area contributed by atoms with Crippen LogP contribution in [0.1, 0.15) is 57.8 Å². The Balaban J connectivity index is 1.96. The molecular formula is C13H24N2S. The highest BCUT2D eigenvalue weighted by atomic mass is 32.1. The van der Waals surface area contributed by atoms with Crippen molar-refractivity contribution in [3.8, 4) is 0 Å². The number of hydrogen-bond donors (Lipinski definition) is 1. The number of hydrogen-bond acceptors (Lipinski definition) is 2. The predicted octanol–water partition coefficient (Wildman–Crippen LogP) is 2.85. The SMILES string of the molecule is NC(=S)CN(C1CCCCC1)C1CCCC1. The quantitative estimate of drug-likeness (QED) is 0.766. The fraction of sp³-hybridized carbons (Fsp3) is 0.923. The third-order valence-corrected chi connectivity index (χ3v) is 4.30. The highest BCUT2D eigenvalue weighted by Crippen LogP contribution is 2.30. The van der Waals surface area contributed by atoms with Gasteiger partial charge in [0.2, 0.25) is 0 Å². The Hall–Kier alpha value is -0.150. The first-order valence-electron chi connectivity index (χ1n) is 6.81. The van der Waals surface area contributed by atoms with E-state index in [9.17, 15) is 0 Å². The van der Waals surface area contributed by atoms with Gasteiger partial charge >= 0.3 is 0 Å². The van der Waals surface area contributed by atoms with Crippen LogP contribution in [0.4, 0.5) is 0 Å². The fourth-order valence-corrected chi connectivity index (χ4v) is 3.53. The van der Waals surface area contributed by atoms with Crippen LogP contribution >= 0.6 is 12.2 Å². The Bertz CT molecular complexity index is 230. The van der Waals surface area contributed by atoms with Crippen molar-refractivity contribution in [1.82, 2.24) is 4.90 Å². The van der Waals surface area contributed by atoms with E-state index in [0.717, 1.165) is 18.6 Å². The molecule has 92 valence electrons. The summed E-state index contributed by atoms with van der Waals surface area (Å²) in [6, 6.07) is 1.53. The molecule has 0 aliphatic heterocycles. The Morgan fingerprint density at radius 3 is 1.81 bits per heavy atom. The minimum atomic E-state index is 0.678. The van der Waals surface area contributed by atoms with Gasteiger partial charge in [0.25, 0.3) is 0 Å². The molecule has 0 atom stereocenters. The minimum Gasteiger partial charge on any atom is -0.392 e. The van der Waals surface area contributed by atoms with Gasteiger partial charge in [-0.05, 0) is 25.7 Å². The van der Waals surface area contributed by atoms with E-state index in [1.54, 1.807) is 0 Å². The maximum atomic E-state index is 5.76. The van der Waals surface area contributed by atoms with Crippen LogP contribution in [0.3, 0.4) is 0 Å². The lowest BCUT2D eigenvalue weighted by atomic mass is 9.93. The maximum Gasteiger partial charge on any atom is 0.0870 e. The second-order valence-electron chi connectivity index (χ2n) is 5.37. The summed E-state index contributed by atoms with van der Waals surface area (Å²) in [6.45, 7) is 0.852. The lowest BCUT2D eigenvalue weighted by molar-refractivity contribution is 0.126. The van der Waals surface area contributed by atoms with E-state index in [1.807, 2.05) is 0 Å². The van der Waals surface area contributed by atoms with Crippen molar-refractivity contribution in [2.75, 3.05) is 6.54 Å². The van der Waals surface area contributed by atoms with Gasteiger partial charge in [-0.1, -0.05) is 44.3 Å². The third-order valence-electron chi connectivity index (χ3n) is 4.18. The normalized spacial score (nSPS) is 24.1. The molecular weight excluding hydrogens is 216 g/mol. The molecule has 16 heavy (non-hydrogen) atoms. The van der Waals surface area contributed by atoms with Gasteiger partial charge in [-0.15, -0.1) is 0 Å². The number of rotatable bonds is 4. The molecule has 2 fully saturated rings. The first kappa shape index (κ1) is 12.3. The molecule has 2 saturated carbocycles. The fourth-order valence-electron chi connectivity index (χ4n) is 3.38. The zero-order valence-electron chi connectivity index (χ0n) is 10.2. The summed E-state index contributed by atoms with van der Waals surface area (Å²) < 4.78 is 0. The molecule has 2 aliphatic rings. The molecule has 3 heteroatoms. The molecule has 0 saturated heterocycles. The molecule has 0 aromatic rings. The van der Waals surface area contributed by atoms with Crippen molar-refractivity contribution in [3.05, 3.63) is 0 Å². The van der Waals surface area contributed by atoms with Crippen molar-refractivity contribution in [1.29, 1.82) is 0 Å². The van der Waals surface area contributed by atoms with Crippen LogP contribution in [0.2, 0.25) is 0 Å². The summed E-state index contributed by atoms with van der Waals surface area (Å²) in [4.78, 5) is 3.31. The Kier molecular flexibility index (Phi) is 4.59. The average molecular weight is 240 g/mol. The van der Waals surface area contributed by atoms with Crippen LogP contribution in [0, 0.1) is 0 Å². The second kappa shape index (κ2) is 5.97. The number of nitrogens with zero attached hydrogens (tertiary/aromatic N) is 1. The zero-order chi connectivity index (χ0) is 11.4. The average Bonchev–Trinajstić information content (AvgIpc) is 2.80. The Morgan fingerprint density at radius 2 is 1.38 bits per heavy atom. The number of thiocarbonyl (C=S) groups is 1. The van der Waals surface area contributed by atoms with Gasteiger partial charge in [-0.3, -0.25) is 4.90 Å². The lowest BCUT2D eigenvalue weighted by Gasteiger charge is -2.38. The predicted molar refractivity (Wildman–Crippen MR) is 72.6 cm³/mol. The maximum absolute atomic E-state index is 5.76. The molecule has 0 aromatic carbocycles. The van der Waals surface area contributed by atoms with Crippen LogP contribution in [-0.2, 0) is 0 Å². The van der Waals surface area contributed by atoms with Crippen molar-refractivity contribution >= 4 is 17.2 Å². The van der Waals surface area contributed by atoms with Gasteiger partial charge < -0.3 is 5.73 Å². The van der Waals surface area contributed by atoms with Crippen LogP contribution in [0.25, 0.3) is 0 Å². The van der Waals surface area contributed by atoms with E-state index in [1.165, 1.54) is 57.8 Å².